The van der Waals surface area contributed by atoms with Crippen molar-refractivity contribution in [1.82, 2.24) is 15.6 Å². The van der Waals surface area contributed by atoms with Crippen molar-refractivity contribution in [3.05, 3.63) is 53.7 Å². The normalized spacial score (nSPS) is 15.9. The van der Waals surface area contributed by atoms with Gasteiger partial charge in [-0.1, -0.05) is 30.0 Å². The summed E-state index contributed by atoms with van der Waals surface area (Å²) in [6, 6.07) is 11.4. The van der Waals surface area contributed by atoms with E-state index >= 15 is 0 Å². The molecule has 184 valence electrons. The Morgan fingerprint density at radius 1 is 1.12 bits per heavy atom. The van der Waals surface area contributed by atoms with Gasteiger partial charge in [-0.25, -0.2) is 4.98 Å². The van der Waals surface area contributed by atoms with Crippen molar-refractivity contribution in [3.8, 4) is 5.75 Å². The summed E-state index contributed by atoms with van der Waals surface area (Å²) in [5, 5.41) is 4.68. The number of nitrogens with one attached hydrogen (secondary N) is 2. The van der Waals surface area contributed by atoms with Crippen LogP contribution < -0.4 is 20.3 Å². The van der Waals surface area contributed by atoms with E-state index in [-0.39, 0.29) is 22.7 Å². The van der Waals surface area contributed by atoms with Crippen molar-refractivity contribution in [2.24, 2.45) is 0 Å². The Kier molecular flexibility index (Phi) is 9.49. The van der Waals surface area contributed by atoms with Crippen molar-refractivity contribution >= 4 is 36.3 Å². The van der Waals surface area contributed by atoms with Gasteiger partial charge in [0.25, 0.3) is 5.24 Å². The van der Waals surface area contributed by atoms with Gasteiger partial charge < -0.3 is 24.0 Å². The first-order chi connectivity index (χ1) is 16.3. The highest BCUT2D eigenvalue weighted by Crippen LogP contribution is 2.44. The van der Waals surface area contributed by atoms with E-state index in [2.05, 4.69) is 15.6 Å². The second kappa shape index (κ2) is 12.3. The molecule has 0 saturated carbocycles. The molecule has 1 saturated heterocycles. The molecule has 2 N–H and O–H groups in total. The van der Waals surface area contributed by atoms with Gasteiger partial charge in [-0.05, 0) is 35.7 Å². The lowest BCUT2D eigenvalue weighted by Gasteiger charge is -2.19. The fourth-order valence-corrected chi connectivity index (χ4v) is 4.82. The third kappa shape index (κ3) is 7.54. The number of carbonyl (C=O) groups excluding carboxylic acids is 2. The summed E-state index contributed by atoms with van der Waals surface area (Å²) in [6.07, 6.45) is 2.38. The van der Waals surface area contributed by atoms with Crippen LogP contribution in [0.1, 0.15) is 11.1 Å². The molecule has 0 aliphatic carbocycles. The number of ether oxygens (including phenoxy) is 1. The molecule has 1 aliphatic heterocycles. The van der Waals surface area contributed by atoms with Crippen LogP contribution >= 0.6 is 19.4 Å². The second-order valence-corrected chi connectivity index (χ2v) is 11.0. The van der Waals surface area contributed by atoms with Gasteiger partial charge >= 0.3 is 7.60 Å². The first-order valence-electron chi connectivity index (χ1n) is 10.6. The number of imide groups is 1. The van der Waals surface area contributed by atoms with Crippen molar-refractivity contribution < 1.29 is 27.9 Å². The average Bonchev–Trinajstić information content (AvgIpc) is 3.16. The van der Waals surface area contributed by atoms with Gasteiger partial charge in [0.1, 0.15) is 18.2 Å². The van der Waals surface area contributed by atoms with E-state index in [4.69, 9.17) is 13.8 Å². The number of thioether (sulfide) groups is 1. The minimum atomic E-state index is -3.08. The van der Waals surface area contributed by atoms with Crippen molar-refractivity contribution in [1.29, 1.82) is 0 Å². The molecule has 3 rings (SSSR count). The van der Waals surface area contributed by atoms with Gasteiger partial charge in [-0.3, -0.25) is 19.5 Å². The lowest BCUT2D eigenvalue weighted by atomic mass is 10.1. The van der Waals surface area contributed by atoms with Gasteiger partial charge in [0.05, 0.1) is 18.1 Å². The topological polar surface area (TPSA) is 119 Å². The molecule has 2 amide bonds. The van der Waals surface area contributed by atoms with E-state index in [1.165, 1.54) is 14.2 Å². The summed E-state index contributed by atoms with van der Waals surface area (Å²) < 4.78 is 27.6. The smallest absolute Gasteiger partial charge is 0.343 e. The van der Waals surface area contributed by atoms with E-state index in [1.54, 1.807) is 6.20 Å². The number of nitrogens with zero attached hydrogens (tertiary/aromatic N) is 2. The first-order valence-corrected chi connectivity index (χ1v) is 13.2. The molecule has 12 heteroatoms. The van der Waals surface area contributed by atoms with Crippen molar-refractivity contribution in [2.75, 3.05) is 45.6 Å². The van der Waals surface area contributed by atoms with Crippen LogP contribution in [0.3, 0.4) is 0 Å². The van der Waals surface area contributed by atoms with Gasteiger partial charge in [-0.15, -0.1) is 0 Å². The van der Waals surface area contributed by atoms with E-state index in [0.717, 1.165) is 34.5 Å². The number of anilines is 1. The summed E-state index contributed by atoms with van der Waals surface area (Å²) in [5.74, 6) is 1.30. The highest BCUT2D eigenvalue weighted by molar-refractivity contribution is 8.15. The number of aromatic nitrogens is 1. The summed E-state index contributed by atoms with van der Waals surface area (Å²) in [6.45, 7) is 1.60. The Bertz CT molecular complexity index is 1010. The molecule has 2 heterocycles. The molecule has 0 radical (unpaired) electrons. The largest absolute Gasteiger partial charge is 0.492 e. The Hall–Kier alpha value is -2.43. The number of amides is 2. The molecule has 1 fully saturated rings. The van der Waals surface area contributed by atoms with Crippen LogP contribution in [0.5, 0.6) is 5.75 Å². The zero-order chi connectivity index (χ0) is 24.6. The summed E-state index contributed by atoms with van der Waals surface area (Å²) >= 11 is 1.03. The average molecular weight is 509 g/mol. The molecule has 10 nitrogen and oxygen atoms in total. The van der Waals surface area contributed by atoms with Crippen LogP contribution in [0.25, 0.3) is 0 Å². The predicted octanol–water partition coefficient (Wildman–Crippen LogP) is 3.02. The summed E-state index contributed by atoms with van der Waals surface area (Å²) in [5.41, 5.74) is 1.92. The van der Waals surface area contributed by atoms with Gasteiger partial charge in [0, 0.05) is 34.0 Å². The van der Waals surface area contributed by atoms with Crippen LogP contribution in [0, 0.1) is 0 Å². The summed E-state index contributed by atoms with van der Waals surface area (Å²) in [7, 11) is 1.58. The quantitative estimate of drug-likeness (QED) is 0.391. The van der Waals surface area contributed by atoms with Crippen LogP contribution in [-0.4, -0.2) is 62.1 Å². The molecule has 1 aromatic carbocycles. The Morgan fingerprint density at radius 3 is 2.41 bits per heavy atom. The minimum absolute atomic E-state index is 0.120. The number of rotatable bonds is 13. The van der Waals surface area contributed by atoms with Crippen molar-refractivity contribution in [3.63, 3.8) is 0 Å². The monoisotopic (exact) mass is 508 g/mol. The number of likely N-dealkylation sites (N-methyl/N-ethyl adjacent to an activating group) is 1. The zero-order valence-electron chi connectivity index (χ0n) is 19.4. The highest BCUT2D eigenvalue weighted by Gasteiger charge is 2.31. The van der Waals surface area contributed by atoms with Gasteiger partial charge in [0.2, 0.25) is 5.91 Å². The molecule has 2 aromatic rings. The number of pyridine rings is 1. The summed E-state index contributed by atoms with van der Waals surface area (Å²) in [4.78, 5) is 29.4. The molecule has 0 spiro atoms. The lowest BCUT2D eigenvalue weighted by Crippen LogP contribution is -2.25. The van der Waals surface area contributed by atoms with E-state index < -0.39 is 7.60 Å². The molecular formula is C22H29N4O6PS. The van der Waals surface area contributed by atoms with Crippen LogP contribution in [-0.2, 0) is 31.4 Å². The Balaban J connectivity index is 1.39. The van der Waals surface area contributed by atoms with E-state index in [0.29, 0.717) is 26.1 Å². The fraction of sp³-hybridized carbons (Fsp3) is 0.409. The predicted molar refractivity (Wildman–Crippen MR) is 131 cm³/mol. The number of benzene rings is 1. The number of hydrogen-bond donors (Lipinski definition) is 2. The standard InChI is InChI=1S/C22H29N4O6PS/c1-26(20-9-6-17(14-24-20)13-23-15-33(29,30-2)31-3)10-11-32-18-7-4-16(5-8-18)12-19-21(27)25-22(28)34-19/h4-9,14,19,23H,10-13,15H2,1-3H3,(H,25,27,28). The molecule has 1 unspecified atom stereocenters. The zero-order valence-corrected chi connectivity index (χ0v) is 21.1. The van der Waals surface area contributed by atoms with Crippen LogP contribution in [0.2, 0.25) is 0 Å². The van der Waals surface area contributed by atoms with E-state index in [9.17, 15) is 14.2 Å². The maximum Gasteiger partial charge on any atom is 0.343 e. The first kappa shape index (κ1) is 26.2. The van der Waals surface area contributed by atoms with E-state index in [1.807, 2.05) is 48.3 Å². The number of carbonyl (C=O) groups is 2. The molecular weight excluding hydrogens is 479 g/mol. The SMILES string of the molecule is COP(=O)(CNCc1ccc(N(C)CCOc2ccc(CC3SC(=O)NC3=O)cc2)nc1)OC. The maximum absolute atomic E-state index is 12.0. The van der Waals surface area contributed by atoms with Crippen LogP contribution in [0.4, 0.5) is 10.6 Å². The van der Waals surface area contributed by atoms with Crippen LogP contribution in [0.15, 0.2) is 42.6 Å². The lowest BCUT2D eigenvalue weighted by molar-refractivity contribution is -0.118. The molecule has 0 bridgehead atoms. The highest BCUT2D eigenvalue weighted by atomic mass is 32.2. The molecule has 1 aliphatic rings. The molecule has 1 aromatic heterocycles. The van der Waals surface area contributed by atoms with Crippen molar-refractivity contribution in [2.45, 2.75) is 18.2 Å². The van der Waals surface area contributed by atoms with Gasteiger partial charge in [0.15, 0.2) is 0 Å². The molecule has 1 atom stereocenters. The third-order valence-corrected chi connectivity index (χ3v) is 7.90. The minimum Gasteiger partial charge on any atom is -0.492 e. The Labute approximate surface area is 203 Å². The maximum atomic E-state index is 12.0. The third-order valence-electron chi connectivity index (χ3n) is 5.20. The number of hydrogen-bond acceptors (Lipinski definition) is 10. The molecule has 34 heavy (non-hydrogen) atoms. The fourth-order valence-electron chi connectivity index (χ4n) is 3.17. The Morgan fingerprint density at radius 2 is 1.82 bits per heavy atom. The second-order valence-electron chi connectivity index (χ2n) is 7.59. The van der Waals surface area contributed by atoms with Gasteiger partial charge in [-0.2, -0.15) is 0 Å².